The van der Waals surface area contributed by atoms with Gasteiger partial charge in [-0.25, -0.2) is 0 Å². The minimum atomic E-state index is -0.399. The summed E-state index contributed by atoms with van der Waals surface area (Å²) in [6.07, 6.45) is 3.12. The number of allylic oxidation sites excluding steroid dienone is 1. The van der Waals surface area contributed by atoms with Crippen LogP contribution in [0.4, 0.5) is 0 Å². The van der Waals surface area contributed by atoms with E-state index in [-0.39, 0.29) is 11.8 Å². The maximum atomic E-state index is 11.1. The Bertz CT molecular complexity index is 306. The first kappa shape index (κ1) is 7.02. The molecule has 2 heterocycles. The van der Waals surface area contributed by atoms with Gasteiger partial charge in [0.05, 0.1) is 12.5 Å². The van der Waals surface area contributed by atoms with Gasteiger partial charge in [0.1, 0.15) is 0 Å². The first-order chi connectivity index (χ1) is 5.79. The van der Waals surface area contributed by atoms with E-state index >= 15 is 0 Å². The summed E-state index contributed by atoms with van der Waals surface area (Å²) in [5.74, 6) is -0.841. The number of carbonyl (C=O) groups is 2. The fourth-order valence-corrected chi connectivity index (χ4v) is 1.25. The van der Waals surface area contributed by atoms with E-state index in [0.717, 1.165) is 0 Å². The van der Waals surface area contributed by atoms with Gasteiger partial charge in [-0.05, 0) is 6.08 Å². The van der Waals surface area contributed by atoms with Crippen molar-refractivity contribution in [3.8, 4) is 0 Å². The van der Waals surface area contributed by atoms with Crippen molar-refractivity contribution in [1.29, 1.82) is 0 Å². The quantitative estimate of drug-likeness (QED) is 0.472. The summed E-state index contributed by atoms with van der Waals surface area (Å²) in [6.45, 7) is 0.366. The molecular weight excluding hydrogens is 158 g/mol. The number of nitrogens with one attached hydrogen (secondary N) is 2. The number of nitrogens with zero attached hydrogens (tertiary/aromatic N) is 1. The van der Waals surface area contributed by atoms with Crippen molar-refractivity contribution in [1.82, 2.24) is 10.9 Å². The Hall–Kier alpha value is -1.65. The van der Waals surface area contributed by atoms with Crippen LogP contribution in [0.3, 0.4) is 0 Å². The third-order valence-corrected chi connectivity index (χ3v) is 1.90. The van der Waals surface area contributed by atoms with Crippen LogP contribution in [0.5, 0.6) is 0 Å². The molecule has 0 aromatic rings. The SMILES string of the molecule is O=C1NNC(=O)C2CN=CC=C12. The van der Waals surface area contributed by atoms with Gasteiger partial charge in [0.2, 0.25) is 5.91 Å². The van der Waals surface area contributed by atoms with Crippen LogP contribution in [0.25, 0.3) is 0 Å². The summed E-state index contributed by atoms with van der Waals surface area (Å²) in [5, 5.41) is 0. The Morgan fingerprint density at radius 3 is 3.00 bits per heavy atom. The van der Waals surface area contributed by atoms with E-state index in [1.165, 1.54) is 0 Å². The van der Waals surface area contributed by atoms with Crippen LogP contribution in [0, 0.1) is 5.92 Å². The van der Waals surface area contributed by atoms with Crippen LogP contribution in [-0.2, 0) is 9.59 Å². The van der Waals surface area contributed by atoms with Crippen molar-refractivity contribution in [2.24, 2.45) is 10.9 Å². The molecule has 1 fully saturated rings. The molecule has 1 unspecified atom stereocenters. The van der Waals surface area contributed by atoms with Crippen LogP contribution < -0.4 is 10.9 Å². The van der Waals surface area contributed by atoms with E-state index in [1.807, 2.05) is 0 Å². The van der Waals surface area contributed by atoms with Gasteiger partial charge in [-0.3, -0.25) is 25.4 Å². The fourth-order valence-electron chi connectivity index (χ4n) is 1.25. The monoisotopic (exact) mass is 165 g/mol. The van der Waals surface area contributed by atoms with E-state index in [4.69, 9.17) is 0 Å². The maximum absolute atomic E-state index is 11.1. The zero-order valence-corrected chi connectivity index (χ0v) is 6.20. The average Bonchev–Trinajstić information content (AvgIpc) is 2.12. The van der Waals surface area contributed by atoms with E-state index in [2.05, 4.69) is 15.8 Å². The van der Waals surface area contributed by atoms with Crippen molar-refractivity contribution >= 4 is 18.0 Å². The second kappa shape index (κ2) is 2.44. The van der Waals surface area contributed by atoms with Crippen molar-refractivity contribution in [2.75, 3.05) is 6.54 Å². The molecule has 5 heteroatoms. The minimum absolute atomic E-state index is 0.197. The van der Waals surface area contributed by atoms with Crippen molar-refractivity contribution in [2.45, 2.75) is 0 Å². The maximum Gasteiger partial charge on any atom is 0.266 e. The highest BCUT2D eigenvalue weighted by Gasteiger charge is 2.32. The molecule has 0 aromatic heterocycles. The highest BCUT2D eigenvalue weighted by atomic mass is 16.2. The third-order valence-electron chi connectivity index (χ3n) is 1.90. The molecule has 1 atom stereocenters. The Morgan fingerprint density at radius 1 is 1.42 bits per heavy atom. The molecule has 0 saturated carbocycles. The Morgan fingerprint density at radius 2 is 2.25 bits per heavy atom. The first-order valence-corrected chi connectivity index (χ1v) is 3.59. The Kier molecular flexibility index (Phi) is 1.43. The predicted octanol–water partition coefficient (Wildman–Crippen LogP) is -1.23. The number of aliphatic imine (C=N–C) groups is 1. The first-order valence-electron chi connectivity index (χ1n) is 3.59. The second-order valence-corrected chi connectivity index (χ2v) is 2.63. The molecule has 5 nitrogen and oxygen atoms in total. The van der Waals surface area contributed by atoms with Gasteiger partial charge in [-0.2, -0.15) is 0 Å². The van der Waals surface area contributed by atoms with Gasteiger partial charge < -0.3 is 0 Å². The molecule has 2 aliphatic rings. The average molecular weight is 165 g/mol. The van der Waals surface area contributed by atoms with E-state index in [0.29, 0.717) is 12.1 Å². The standard InChI is InChI=1S/C7H7N3O2/c11-6-4-1-2-8-3-5(4)7(12)10-9-6/h1-2,5H,3H2,(H,9,11)(H,10,12). The molecule has 2 amide bonds. The summed E-state index contributed by atoms with van der Waals surface area (Å²) in [6, 6.07) is 0. The van der Waals surface area contributed by atoms with Gasteiger partial charge in [0.25, 0.3) is 5.91 Å². The lowest BCUT2D eigenvalue weighted by Crippen LogP contribution is -2.53. The predicted molar refractivity (Wildman–Crippen MR) is 41.2 cm³/mol. The smallest absolute Gasteiger partial charge is 0.266 e. The topological polar surface area (TPSA) is 70.6 Å². The third kappa shape index (κ3) is 0.903. The lowest BCUT2D eigenvalue weighted by atomic mass is 9.94. The van der Waals surface area contributed by atoms with Gasteiger partial charge >= 0.3 is 0 Å². The molecule has 12 heavy (non-hydrogen) atoms. The molecule has 0 radical (unpaired) electrons. The van der Waals surface area contributed by atoms with E-state index < -0.39 is 5.92 Å². The molecule has 0 aliphatic carbocycles. The van der Waals surface area contributed by atoms with Gasteiger partial charge in [-0.15, -0.1) is 0 Å². The highest BCUT2D eigenvalue weighted by Crippen LogP contribution is 2.16. The lowest BCUT2D eigenvalue weighted by Gasteiger charge is -2.24. The van der Waals surface area contributed by atoms with Crippen LogP contribution in [0.1, 0.15) is 0 Å². The fraction of sp³-hybridized carbons (Fsp3) is 0.286. The molecule has 62 valence electrons. The molecule has 2 aliphatic heterocycles. The zero-order chi connectivity index (χ0) is 8.55. The van der Waals surface area contributed by atoms with Crippen molar-refractivity contribution in [3.63, 3.8) is 0 Å². The van der Waals surface area contributed by atoms with Gasteiger partial charge in [0, 0.05) is 11.8 Å². The summed E-state index contributed by atoms with van der Waals surface area (Å²) >= 11 is 0. The molecule has 0 bridgehead atoms. The number of amides is 2. The molecule has 0 aromatic carbocycles. The zero-order valence-electron chi connectivity index (χ0n) is 6.20. The normalized spacial score (nSPS) is 27.0. The van der Waals surface area contributed by atoms with E-state index in [9.17, 15) is 9.59 Å². The van der Waals surface area contributed by atoms with Crippen LogP contribution >= 0.6 is 0 Å². The summed E-state index contributed by atoms with van der Waals surface area (Å²) in [5.41, 5.74) is 5.03. The number of carbonyl (C=O) groups excluding carboxylic acids is 2. The minimum Gasteiger partial charge on any atom is -0.292 e. The Labute approximate surface area is 68.5 Å². The largest absolute Gasteiger partial charge is 0.292 e. The summed E-state index contributed by atoms with van der Waals surface area (Å²) in [7, 11) is 0. The second-order valence-electron chi connectivity index (χ2n) is 2.63. The number of hydrazine groups is 1. The lowest BCUT2D eigenvalue weighted by molar-refractivity contribution is -0.133. The Balaban J connectivity index is 2.35. The summed E-state index contributed by atoms with van der Waals surface area (Å²) in [4.78, 5) is 26.2. The van der Waals surface area contributed by atoms with Crippen LogP contribution in [0.15, 0.2) is 16.6 Å². The molecule has 2 N–H and O–H groups in total. The summed E-state index contributed by atoms with van der Waals surface area (Å²) < 4.78 is 0. The number of dihydropyridines is 1. The molecular formula is C7H7N3O2. The number of rotatable bonds is 0. The number of fused-ring (bicyclic) bond motifs is 1. The van der Waals surface area contributed by atoms with E-state index in [1.54, 1.807) is 12.3 Å². The number of hydrogen-bond acceptors (Lipinski definition) is 3. The van der Waals surface area contributed by atoms with Crippen LogP contribution in [0.2, 0.25) is 0 Å². The van der Waals surface area contributed by atoms with Crippen molar-refractivity contribution < 1.29 is 9.59 Å². The van der Waals surface area contributed by atoms with Crippen molar-refractivity contribution in [3.05, 3.63) is 11.6 Å². The van der Waals surface area contributed by atoms with Crippen LogP contribution in [-0.4, -0.2) is 24.6 Å². The molecule has 1 saturated heterocycles. The molecule has 2 rings (SSSR count). The van der Waals surface area contributed by atoms with Gasteiger partial charge in [0.15, 0.2) is 0 Å². The highest BCUT2D eigenvalue weighted by molar-refractivity contribution is 6.07. The molecule has 0 spiro atoms. The number of hydrogen-bond donors (Lipinski definition) is 2. The van der Waals surface area contributed by atoms with Gasteiger partial charge in [-0.1, -0.05) is 0 Å².